The number of hydrogen-bond donors (Lipinski definition) is 1. The molecule has 2 aromatic carbocycles. The third-order valence-corrected chi connectivity index (χ3v) is 4.22. The maximum Gasteiger partial charge on any atom is 0.244 e. The average Bonchev–Trinajstić information content (AvgIpc) is 3.14. The molecule has 0 saturated carbocycles. The first-order chi connectivity index (χ1) is 10.8. The van der Waals surface area contributed by atoms with Gasteiger partial charge in [-0.1, -0.05) is 18.2 Å². The Morgan fingerprint density at radius 3 is 2.95 bits per heavy atom. The molecular formula is C18H17N3O. The highest BCUT2D eigenvalue weighted by atomic mass is 16.1. The number of amides is 1. The van der Waals surface area contributed by atoms with Crippen molar-refractivity contribution >= 4 is 22.6 Å². The van der Waals surface area contributed by atoms with Crippen molar-refractivity contribution in [1.82, 2.24) is 9.55 Å². The average molecular weight is 291 g/mol. The van der Waals surface area contributed by atoms with Crippen molar-refractivity contribution in [3.63, 3.8) is 0 Å². The number of anilines is 1. The Labute approximate surface area is 128 Å². The molecule has 3 aromatic rings. The lowest BCUT2D eigenvalue weighted by atomic mass is 10.1. The van der Waals surface area contributed by atoms with Crippen LogP contribution in [-0.2, 0) is 24.2 Å². The fourth-order valence-corrected chi connectivity index (χ4v) is 3.14. The summed E-state index contributed by atoms with van der Waals surface area (Å²) in [5.41, 5.74) is 5.55. The van der Waals surface area contributed by atoms with Gasteiger partial charge in [-0.2, -0.15) is 0 Å². The fraction of sp³-hybridized carbons (Fsp3) is 0.222. The van der Waals surface area contributed by atoms with E-state index in [4.69, 9.17) is 0 Å². The number of nitrogens with zero attached hydrogens (tertiary/aromatic N) is 2. The van der Waals surface area contributed by atoms with Gasteiger partial charge in [-0.3, -0.25) is 4.79 Å². The molecule has 0 atom stereocenters. The molecule has 1 aliphatic carbocycles. The number of hydrogen-bond acceptors (Lipinski definition) is 2. The number of carbonyl (C=O) groups is 1. The number of aromatic nitrogens is 2. The molecule has 0 aliphatic heterocycles. The van der Waals surface area contributed by atoms with Crippen LogP contribution in [0.5, 0.6) is 0 Å². The van der Waals surface area contributed by atoms with Crippen LogP contribution in [0.25, 0.3) is 11.0 Å². The van der Waals surface area contributed by atoms with Crippen molar-refractivity contribution in [2.45, 2.75) is 25.8 Å². The summed E-state index contributed by atoms with van der Waals surface area (Å²) in [5, 5.41) is 2.99. The van der Waals surface area contributed by atoms with Gasteiger partial charge < -0.3 is 9.88 Å². The van der Waals surface area contributed by atoms with Gasteiger partial charge in [0.05, 0.1) is 17.4 Å². The number of aryl methyl sites for hydroxylation is 2. The summed E-state index contributed by atoms with van der Waals surface area (Å²) in [4.78, 5) is 16.6. The third kappa shape index (κ3) is 2.37. The van der Waals surface area contributed by atoms with E-state index in [2.05, 4.69) is 22.4 Å². The smallest absolute Gasteiger partial charge is 0.244 e. The summed E-state index contributed by atoms with van der Waals surface area (Å²) in [7, 11) is 0. The number of para-hydroxylation sites is 2. The molecule has 22 heavy (non-hydrogen) atoms. The minimum absolute atomic E-state index is 0.0268. The third-order valence-electron chi connectivity index (χ3n) is 4.22. The van der Waals surface area contributed by atoms with Crippen molar-refractivity contribution in [2.75, 3.05) is 5.32 Å². The van der Waals surface area contributed by atoms with E-state index in [1.54, 1.807) is 6.33 Å². The van der Waals surface area contributed by atoms with E-state index in [0.717, 1.165) is 29.6 Å². The zero-order valence-corrected chi connectivity index (χ0v) is 12.2. The molecule has 0 unspecified atom stereocenters. The number of fused-ring (bicyclic) bond motifs is 2. The van der Waals surface area contributed by atoms with Gasteiger partial charge in [0, 0.05) is 5.69 Å². The first kappa shape index (κ1) is 13.1. The lowest BCUT2D eigenvalue weighted by Crippen LogP contribution is -2.18. The SMILES string of the molecule is O=C(Cn1cnc2ccccc21)Nc1ccc2c(c1)CCC2. The van der Waals surface area contributed by atoms with E-state index >= 15 is 0 Å². The predicted molar refractivity (Wildman–Crippen MR) is 86.8 cm³/mol. The first-order valence-corrected chi connectivity index (χ1v) is 7.61. The molecule has 0 bridgehead atoms. The van der Waals surface area contributed by atoms with Gasteiger partial charge in [0.2, 0.25) is 5.91 Å². The predicted octanol–water partition coefficient (Wildman–Crippen LogP) is 3.16. The van der Waals surface area contributed by atoms with Gasteiger partial charge in [-0.05, 0) is 54.7 Å². The van der Waals surface area contributed by atoms with Crippen LogP contribution in [-0.4, -0.2) is 15.5 Å². The summed E-state index contributed by atoms with van der Waals surface area (Å²) in [6.45, 7) is 0.275. The second kappa shape index (κ2) is 5.30. The van der Waals surface area contributed by atoms with E-state index in [1.807, 2.05) is 34.9 Å². The second-order valence-corrected chi connectivity index (χ2v) is 5.75. The van der Waals surface area contributed by atoms with Crippen LogP contribution in [0, 0.1) is 0 Å². The van der Waals surface area contributed by atoms with Crippen LogP contribution < -0.4 is 5.32 Å². The standard InChI is InChI=1S/C18H17N3O/c22-18(11-21-12-19-16-6-1-2-7-17(16)21)20-15-9-8-13-4-3-5-14(13)10-15/h1-2,6-10,12H,3-5,11H2,(H,20,22). The molecule has 0 saturated heterocycles. The molecule has 4 rings (SSSR count). The monoisotopic (exact) mass is 291 g/mol. The van der Waals surface area contributed by atoms with Crippen molar-refractivity contribution in [3.05, 3.63) is 59.9 Å². The Balaban J connectivity index is 1.51. The van der Waals surface area contributed by atoms with E-state index in [1.165, 1.54) is 17.5 Å². The number of carbonyl (C=O) groups excluding carboxylic acids is 1. The van der Waals surface area contributed by atoms with E-state index in [9.17, 15) is 4.79 Å². The first-order valence-electron chi connectivity index (χ1n) is 7.61. The van der Waals surface area contributed by atoms with Crippen LogP contribution >= 0.6 is 0 Å². The van der Waals surface area contributed by atoms with Gasteiger partial charge >= 0.3 is 0 Å². The molecule has 1 aliphatic rings. The summed E-state index contributed by atoms with van der Waals surface area (Å²) in [6, 6.07) is 14.1. The van der Waals surface area contributed by atoms with Crippen molar-refractivity contribution < 1.29 is 4.79 Å². The van der Waals surface area contributed by atoms with Crippen molar-refractivity contribution in [1.29, 1.82) is 0 Å². The number of imidazole rings is 1. The molecule has 4 nitrogen and oxygen atoms in total. The highest BCUT2D eigenvalue weighted by molar-refractivity contribution is 5.91. The number of rotatable bonds is 3. The van der Waals surface area contributed by atoms with Gasteiger partial charge in [0.15, 0.2) is 0 Å². The Bertz CT molecular complexity index is 850. The molecule has 110 valence electrons. The van der Waals surface area contributed by atoms with Crippen molar-refractivity contribution in [3.8, 4) is 0 Å². The highest BCUT2D eigenvalue weighted by Crippen LogP contribution is 2.24. The topological polar surface area (TPSA) is 46.9 Å². The molecule has 1 heterocycles. The summed E-state index contributed by atoms with van der Waals surface area (Å²) in [6.07, 6.45) is 5.20. The van der Waals surface area contributed by atoms with Crippen LogP contribution in [0.15, 0.2) is 48.8 Å². The molecular weight excluding hydrogens is 274 g/mol. The van der Waals surface area contributed by atoms with Gasteiger partial charge in [0.25, 0.3) is 0 Å². The largest absolute Gasteiger partial charge is 0.325 e. The molecule has 1 aromatic heterocycles. The summed E-state index contributed by atoms with van der Waals surface area (Å²) < 4.78 is 1.87. The lowest BCUT2D eigenvalue weighted by Gasteiger charge is -2.08. The molecule has 0 spiro atoms. The van der Waals surface area contributed by atoms with Crippen LogP contribution in [0.2, 0.25) is 0 Å². The molecule has 0 fully saturated rings. The van der Waals surface area contributed by atoms with Gasteiger partial charge in [0.1, 0.15) is 6.54 Å². The molecule has 1 N–H and O–H groups in total. The fourth-order valence-electron chi connectivity index (χ4n) is 3.14. The maximum absolute atomic E-state index is 12.3. The Hall–Kier alpha value is -2.62. The normalized spacial score (nSPS) is 13.3. The van der Waals surface area contributed by atoms with Crippen LogP contribution in [0.4, 0.5) is 5.69 Å². The zero-order chi connectivity index (χ0) is 14.9. The second-order valence-electron chi connectivity index (χ2n) is 5.75. The quantitative estimate of drug-likeness (QED) is 0.805. The van der Waals surface area contributed by atoms with Gasteiger partial charge in [-0.25, -0.2) is 4.98 Å². The Kier molecular flexibility index (Phi) is 3.15. The van der Waals surface area contributed by atoms with Crippen molar-refractivity contribution in [2.24, 2.45) is 0 Å². The molecule has 0 radical (unpaired) electrons. The van der Waals surface area contributed by atoms with Crippen LogP contribution in [0.3, 0.4) is 0 Å². The summed E-state index contributed by atoms with van der Waals surface area (Å²) in [5.74, 6) is -0.0268. The zero-order valence-electron chi connectivity index (χ0n) is 12.2. The number of benzene rings is 2. The lowest BCUT2D eigenvalue weighted by molar-refractivity contribution is -0.116. The minimum atomic E-state index is -0.0268. The summed E-state index contributed by atoms with van der Waals surface area (Å²) >= 11 is 0. The number of nitrogens with one attached hydrogen (secondary N) is 1. The van der Waals surface area contributed by atoms with E-state index in [-0.39, 0.29) is 12.5 Å². The van der Waals surface area contributed by atoms with E-state index in [0.29, 0.717) is 0 Å². The molecule has 4 heteroatoms. The molecule has 1 amide bonds. The van der Waals surface area contributed by atoms with Gasteiger partial charge in [-0.15, -0.1) is 0 Å². The highest BCUT2D eigenvalue weighted by Gasteiger charge is 2.12. The Morgan fingerprint density at radius 2 is 2.00 bits per heavy atom. The maximum atomic E-state index is 12.3. The minimum Gasteiger partial charge on any atom is -0.325 e. The Morgan fingerprint density at radius 1 is 1.14 bits per heavy atom. The van der Waals surface area contributed by atoms with E-state index < -0.39 is 0 Å². The van der Waals surface area contributed by atoms with Crippen LogP contribution in [0.1, 0.15) is 17.5 Å².